The van der Waals surface area contributed by atoms with E-state index < -0.39 is 0 Å². The maximum Gasteiger partial charge on any atom is 0.00639 e. The zero-order valence-electron chi connectivity index (χ0n) is 11.1. The van der Waals surface area contributed by atoms with Gasteiger partial charge in [-0.05, 0) is 19.9 Å². The summed E-state index contributed by atoms with van der Waals surface area (Å²) < 4.78 is 0. The molecule has 1 N–H and O–H groups in total. The van der Waals surface area contributed by atoms with Gasteiger partial charge in [0, 0.05) is 6.04 Å². The first-order valence-corrected chi connectivity index (χ1v) is 7.02. The Morgan fingerprint density at radius 3 is 1.87 bits per heavy atom. The zero-order valence-corrected chi connectivity index (χ0v) is 11.1. The molecule has 0 aromatic heterocycles. The van der Waals surface area contributed by atoms with Crippen molar-refractivity contribution in [2.24, 2.45) is 0 Å². The summed E-state index contributed by atoms with van der Waals surface area (Å²) in [5.41, 5.74) is 0. The minimum absolute atomic E-state index is 0.769. The molecule has 0 saturated carbocycles. The highest BCUT2D eigenvalue weighted by Crippen LogP contribution is 2.11. The summed E-state index contributed by atoms with van der Waals surface area (Å²) in [5, 5.41) is 3.41. The predicted molar refractivity (Wildman–Crippen MR) is 70.4 cm³/mol. The van der Waals surface area contributed by atoms with E-state index in [-0.39, 0.29) is 0 Å². The molecule has 0 amide bonds. The highest BCUT2D eigenvalue weighted by molar-refractivity contribution is 4.63. The van der Waals surface area contributed by atoms with Gasteiger partial charge in [-0.15, -0.1) is 0 Å². The van der Waals surface area contributed by atoms with Crippen molar-refractivity contribution in [3.8, 4) is 0 Å². The van der Waals surface area contributed by atoms with Crippen molar-refractivity contribution in [3.05, 3.63) is 0 Å². The SMILES string of the molecule is CCCCCCCCCC(CCC)NC. The van der Waals surface area contributed by atoms with Crippen LogP contribution in [0.15, 0.2) is 0 Å². The van der Waals surface area contributed by atoms with Gasteiger partial charge in [0.1, 0.15) is 0 Å². The Morgan fingerprint density at radius 1 is 0.733 bits per heavy atom. The first-order valence-electron chi connectivity index (χ1n) is 7.02. The number of unbranched alkanes of at least 4 members (excludes halogenated alkanes) is 6. The minimum atomic E-state index is 0.769. The van der Waals surface area contributed by atoms with Crippen LogP contribution in [0, 0.1) is 0 Å². The molecule has 0 aliphatic heterocycles. The quantitative estimate of drug-likeness (QED) is 0.498. The van der Waals surface area contributed by atoms with Gasteiger partial charge in [0.05, 0.1) is 0 Å². The van der Waals surface area contributed by atoms with E-state index in [2.05, 4.69) is 26.2 Å². The third kappa shape index (κ3) is 10.2. The summed E-state index contributed by atoms with van der Waals surface area (Å²) in [7, 11) is 2.10. The van der Waals surface area contributed by atoms with E-state index in [1.165, 1.54) is 64.2 Å². The van der Waals surface area contributed by atoms with Gasteiger partial charge in [0.2, 0.25) is 0 Å². The van der Waals surface area contributed by atoms with Crippen molar-refractivity contribution in [2.75, 3.05) is 7.05 Å². The summed E-state index contributed by atoms with van der Waals surface area (Å²) in [4.78, 5) is 0. The smallest absolute Gasteiger partial charge is 0.00639 e. The molecule has 1 unspecified atom stereocenters. The second-order valence-electron chi connectivity index (χ2n) is 4.68. The van der Waals surface area contributed by atoms with Crippen molar-refractivity contribution in [3.63, 3.8) is 0 Å². The molecular formula is C14H31N. The molecule has 1 heteroatoms. The fourth-order valence-electron chi connectivity index (χ4n) is 2.13. The Balaban J connectivity index is 3.14. The second-order valence-corrected chi connectivity index (χ2v) is 4.68. The Bertz CT molecular complexity index is 112. The molecule has 0 aromatic rings. The Labute approximate surface area is 97.0 Å². The third-order valence-electron chi connectivity index (χ3n) is 3.20. The number of nitrogens with one attached hydrogen (secondary N) is 1. The maximum atomic E-state index is 3.41. The lowest BCUT2D eigenvalue weighted by atomic mass is 10.0. The van der Waals surface area contributed by atoms with Gasteiger partial charge in [-0.3, -0.25) is 0 Å². The third-order valence-corrected chi connectivity index (χ3v) is 3.20. The summed E-state index contributed by atoms with van der Waals surface area (Å²) in [5.74, 6) is 0. The van der Waals surface area contributed by atoms with Crippen LogP contribution in [-0.2, 0) is 0 Å². The highest BCUT2D eigenvalue weighted by atomic mass is 14.9. The number of hydrogen-bond donors (Lipinski definition) is 1. The molecule has 0 saturated heterocycles. The molecule has 0 fully saturated rings. The van der Waals surface area contributed by atoms with Crippen LogP contribution in [0.3, 0.4) is 0 Å². The van der Waals surface area contributed by atoms with Gasteiger partial charge in [0.25, 0.3) is 0 Å². The van der Waals surface area contributed by atoms with Crippen LogP contribution in [0.4, 0.5) is 0 Å². The standard InChI is InChI=1S/C14H31N/c1-4-6-7-8-9-10-11-13-14(15-3)12-5-2/h14-15H,4-13H2,1-3H3. The average molecular weight is 213 g/mol. The Morgan fingerprint density at radius 2 is 1.33 bits per heavy atom. The summed E-state index contributed by atoms with van der Waals surface area (Å²) in [6.45, 7) is 4.55. The molecule has 0 aliphatic rings. The second kappa shape index (κ2) is 12.0. The van der Waals surface area contributed by atoms with Crippen LogP contribution in [-0.4, -0.2) is 13.1 Å². The van der Waals surface area contributed by atoms with Gasteiger partial charge >= 0.3 is 0 Å². The molecule has 0 aromatic carbocycles. The van der Waals surface area contributed by atoms with Crippen molar-refractivity contribution in [1.82, 2.24) is 5.32 Å². The molecule has 1 nitrogen and oxygen atoms in total. The number of hydrogen-bond acceptors (Lipinski definition) is 1. The van der Waals surface area contributed by atoms with Crippen molar-refractivity contribution < 1.29 is 0 Å². The molecule has 0 radical (unpaired) electrons. The number of rotatable bonds is 11. The van der Waals surface area contributed by atoms with E-state index in [0.717, 1.165) is 6.04 Å². The normalized spacial score (nSPS) is 13.0. The molecule has 0 rings (SSSR count). The van der Waals surface area contributed by atoms with Crippen LogP contribution in [0.5, 0.6) is 0 Å². The fraction of sp³-hybridized carbons (Fsp3) is 1.00. The van der Waals surface area contributed by atoms with Crippen molar-refractivity contribution >= 4 is 0 Å². The summed E-state index contributed by atoms with van der Waals surface area (Å²) in [6, 6.07) is 0.769. The van der Waals surface area contributed by atoms with Crippen molar-refractivity contribution in [1.29, 1.82) is 0 Å². The average Bonchev–Trinajstić information content (AvgIpc) is 2.26. The van der Waals surface area contributed by atoms with Crippen LogP contribution >= 0.6 is 0 Å². The fourth-order valence-corrected chi connectivity index (χ4v) is 2.13. The van der Waals surface area contributed by atoms with Crippen LogP contribution in [0.1, 0.15) is 78.1 Å². The van der Waals surface area contributed by atoms with E-state index in [1.807, 2.05) is 0 Å². The minimum Gasteiger partial charge on any atom is -0.317 e. The van der Waals surface area contributed by atoms with E-state index in [1.54, 1.807) is 0 Å². The molecule has 15 heavy (non-hydrogen) atoms. The van der Waals surface area contributed by atoms with Gasteiger partial charge in [-0.2, -0.15) is 0 Å². The van der Waals surface area contributed by atoms with Crippen LogP contribution in [0.25, 0.3) is 0 Å². The summed E-state index contributed by atoms with van der Waals surface area (Å²) in [6.07, 6.45) is 14.0. The monoisotopic (exact) mass is 213 g/mol. The summed E-state index contributed by atoms with van der Waals surface area (Å²) >= 11 is 0. The van der Waals surface area contributed by atoms with Crippen LogP contribution in [0.2, 0.25) is 0 Å². The Hall–Kier alpha value is -0.0400. The lowest BCUT2D eigenvalue weighted by Crippen LogP contribution is -2.24. The molecule has 92 valence electrons. The Kier molecular flexibility index (Phi) is 12.0. The van der Waals surface area contributed by atoms with E-state index in [0.29, 0.717) is 0 Å². The maximum absolute atomic E-state index is 3.41. The first kappa shape index (κ1) is 15.0. The lowest BCUT2D eigenvalue weighted by molar-refractivity contribution is 0.453. The van der Waals surface area contributed by atoms with Gasteiger partial charge in [-0.1, -0.05) is 65.2 Å². The highest BCUT2D eigenvalue weighted by Gasteiger charge is 2.03. The molecule has 0 aliphatic carbocycles. The topological polar surface area (TPSA) is 12.0 Å². The molecular weight excluding hydrogens is 182 g/mol. The lowest BCUT2D eigenvalue weighted by Gasteiger charge is -2.14. The van der Waals surface area contributed by atoms with Crippen molar-refractivity contribution in [2.45, 2.75) is 84.1 Å². The molecule has 0 bridgehead atoms. The molecule has 1 atom stereocenters. The van der Waals surface area contributed by atoms with Gasteiger partial charge < -0.3 is 5.32 Å². The van der Waals surface area contributed by atoms with E-state index >= 15 is 0 Å². The molecule has 0 spiro atoms. The van der Waals surface area contributed by atoms with Crippen LogP contribution < -0.4 is 5.32 Å². The largest absolute Gasteiger partial charge is 0.317 e. The van der Waals surface area contributed by atoms with Gasteiger partial charge in [0.15, 0.2) is 0 Å². The van der Waals surface area contributed by atoms with Gasteiger partial charge in [-0.25, -0.2) is 0 Å². The first-order chi connectivity index (χ1) is 7.35. The van der Waals surface area contributed by atoms with E-state index in [9.17, 15) is 0 Å². The zero-order chi connectivity index (χ0) is 11.4. The van der Waals surface area contributed by atoms with E-state index in [4.69, 9.17) is 0 Å². The molecule has 0 heterocycles. The predicted octanol–water partition coefficient (Wildman–Crippen LogP) is 4.52.